The molecule has 0 saturated heterocycles. The Kier molecular flexibility index (Phi) is 4.42. The van der Waals surface area contributed by atoms with Crippen molar-refractivity contribution in [2.45, 2.75) is 51.1 Å². The zero-order valence-electron chi connectivity index (χ0n) is 13.2. The van der Waals surface area contributed by atoms with Gasteiger partial charge in [-0.05, 0) is 19.3 Å². The normalized spacial score (nSPS) is 17.0. The molecule has 0 spiro atoms. The molecule has 0 aromatic carbocycles. The SMILES string of the molecule is CC[C@H](CO)Nc1nc(NC)c2ncn(C3CCCC3)c2n1. The second kappa shape index (κ2) is 6.48. The Hall–Kier alpha value is -1.89. The first-order chi connectivity index (χ1) is 10.8. The van der Waals surface area contributed by atoms with Crippen molar-refractivity contribution in [2.75, 3.05) is 24.3 Å². The van der Waals surface area contributed by atoms with Gasteiger partial charge in [-0.1, -0.05) is 19.8 Å². The number of hydrogen-bond acceptors (Lipinski definition) is 6. The van der Waals surface area contributed by atoms with Crippen molar-refractivity contribution in [3.05, 3.63) is 6.33 Å². The molecule has 0 bridgehead atoms. The molecule has 7 heteroatoms. The van der Waals surface area contributed by atoms with Crippen molar-refractivity contribution < 1.29 is 5.11 Å². The maximum Gasteiger partial charge on any atom is 0.227 e. The first kappa shape index (κ1) is 15.0. The molecule has 1 aliphatic carbocycles. The van der Waals surface area contributed by atoms with Crippen LogP contribution in [0.2, 0.25) is 0 Å². The summed E-state index contributed by atoms with van der Waals surface area (Å²) in [6, 6.07) is 0.447. The van der Waals surface area contributed by atoms with Crippen molar-refractivity contribution in [1.82, 2.24) is 19.5 Å². The smallest absolute Gasteiger partial charge is 0.227 e. The van der Waals surface area contributed by atoms with Gasteiger partial charge in [-0.15, -0.1) is 0 Å². The van der Waals surface area contributed by atoms with E-state index in [9.17, 15) is 5.11 Å². The zero-order chi connectivity index (χ0) is 15.5. The van der Waals surface area contributed by atoms with Crippen LogP contribution in [0.15, 0.2) is 6.33 Å². The fourth-order valence-corrected chi connectivity index (χ4v) is 3.06. The number of rotatable bonds is 6. The third-order valence-electron chi connectivity index (χ3n) is 4.42. The summed E-state index contributed by atoms with van der Waals surface area (Å²) in [5, 5.41) is 15.7. The summed E-state index contributed by atoms with van der Waals surface area (Å²) >= 11 is 0. The highest BCUT2D eigenvalue weighted by Gasteiger charge is 2.21. The van der Waals surface area contributed by atoms with Crippen LogP contribution in [0.4, 0.5) is 11.8 Å². The van der Waals surface area contributed by atoms with Gasteiger partial charge in [-0.3, -0.25) is 0 Å². The summed E-state index contributed by atoms with van der Waals surface area (Å²) in [4.78, 5) is 13.6. The Morgan fingerprint density at radius 3 is 2.77 bits per heavy atom. The molecule has 0 amide bonds. The van der Waals surface area contributed by atoms with Crippen LogP contribution < -0.4 is 10.6 Å². The highest BCUT2D eigenvalue weighted by atomic mass is 16.3. The van der Waals surface area contributed by atoms with E-state index in [0.29, 0.717) is 12.0 Å². The largest absolute Gasteiger partial charge is 0.394 e. The van der Waals surface area contributed by atoms with E-state index in [1.807, 2.05) is 20.3 Å². The van der Waals surface area contributed by atoms with E-state index in [-0.39, 0.29) is 12.6 Å². The topological polar surface area (TPSA) is 87.9 Å². The van der Waals surface area contributed by atoms with E-state index < -0.39 is 0 Å². The molecule has 1 fully saturated rings. The molecule has 2 aromatic rings. The second-order valence-electron chi connectivity index (χ2n) is 5.84. The van der Waals surface area contributed by atoms with Crippen molar-refractivity contribution in [3.8, 4) is 0 Å². The quantitative estimate of drug-likeness (QED) is 0.758. The predicted octanol–water partition coefficient (Wildman–Crippen LogP) is 2.17. The van der Waals surface area contributed by atoms with Crippen molar-refractivity contribution in [1.29, 1.82) is 0 Å². The average Bonchev–Trinajstić information content (AvgIpc) is 3.20. The lowest BCUT2D eigenvalue weighted by Crippen LogP contribution is -2.24. The molecule has 0 aliphatic heterocycles. The molecular formula is C15H24N6O. The third kappa shape index (κ3) is 2.72. The van der Waals surface area contributed by atoms with Gasteiger partial charge in [0, 0.05) is 13.1 Å². The molecule has 0 radical (unpaired) electrons. The van der Waals surface area contributed by atoms with E-state index in [1.165, 1.54) is 25.7 Å². The van der Waals surface area contributed by atoms with Gasteiger partial charge in [0.25, 0.3) is 0 Å². The van der Waals surface area contributed by atoms with Crippen LogP contribution in [0.1, 0.15) is 45.1 Å². The molecule has 120 valence electrons. The average molecular weight is 304 g/mol. The molecule has 2 aromatic heterocycles. The summed E-state index contributed by atoms with van der Waals surface area (Å²) in [6.07, 6.45) is 7.59. The van der Waals surface area contributed by atoms with E-state index in [4.69, 9.17) is 0 Å². The summed E-state index contributed by atoms with van der Waals surface area (Å²) in [5.74, 6) is 1.26. The van der Waals surface area contributed by atoms with Gasteiger partial charge in [0.1, 0.15) is 0 Å². The van der Waals surface area contributed by atoms with Crippen molar-refractivity contribution in [2.24, 2.45) is 0 Å². The summed E-state index contributed by atoms with van der Waals surface area (Å²) < 4.78 is 2.18. The predicted molar refractivity (Wildman–Crippen MR) is 87.2 cm³/mol. The Morgan fingerprint density at radius 2 is 2.14 bits per heavy atom. The number of fused-ring (bicyclic) bond motifs is 1. The first-order valence-electron chi connectivity index (χ1n) is 8.06. The molecule has 1 saturated carbocycles. The van der Waals surface area contributed by atoms with Crippen LogP contribution >= 0.6 is 0 Å². The Bertz CT molecular complexity index is 630. The second-order valence-corrected chi connectivity index (χ2v) is 5.84. The third-order valence-corrected chi connectivity index (χ3v) is 4.42. The molecular weight excluding hydrogens is 280 g/mol. The lowest BCUT2D eigenvalue weighted by atomic mass is 10.2. The molecule has 1 aliphatic rings. The van der Waals surface area contributed by atoms with Crippen LogP contribution in [0.3, 0.4) is 0 Å². The first-order valence-corrected chi connectivity index (χ1v) is 8.06. The molecule has 22 heavy (non-hydrogen) atoms. The van der Waals surface area contributed by atoms with Crippen molar-refractivity contribution >= 4 is 22.9 Å². The highest BCUT2D eigenvalue weighted by molar-refractivity contribution is 5.84. The number of hydrogen-bond donors (Lipinski definition) is 3. The molecule has 7 nitrogen and oxygen atoms in total. The van der Waals surface area contributed by atoms with E-state index in [2.05, 4.69) is 30.2 Å². The van der Waals surface area contributed by atoms with E-state index in [0.717, 1.165) is 23.4 Å². The minimum absolute atomic E-state index is 0.0370. The molecule has 3 rings (SSSR count). The number of aliphatic hydroxyl groups excluding tert-OH is 1. The van der Waals surface area contributed by atoms with Gasteiger partial charge in [0.2, 0.25) is 5.95 Å². The Morgan fingerprint density at radius 1 is 1.36 bits per heavy atom. The molecule has 2 heterocycles. The van der Waals surface area contributed by atoms with E-state index in [1.54, 1.807) is 0 Å². The Balaban J connectivity index is 2.01. The van der Waals surface area contributed by atoms with Crippen molar-refractivity contribution in [3.63, 3.8) is 0 Å². The fourth-order valence-electron chi connectivity index (χ4n) is 3.06. The van der Waals surface area contributed by atoms with Gasteiger partial charge < -0.3 is 20.3 Å². The van der Waals surface area contributed by atoms with Gasteiger partial charge in [-0.25, -0.2) is 4.98 Å². The van der Waals surface area contributed by atoms with Crippen LogP contribution in [-0.2, 0) is 0 Å². The number of anilines is 2. The summed E-state index contributed by atoms with van der Waals surface area (Å²) in [7, 11) is 1.84. The van der Waals surface area contributed by atoms with Crippen LogP contribution in [0, 0.1) is 0 Å². The number of imidazole rings is 1. The minimum Gasteiger partial charge on any atom is -0.394 e. The van der Waals surface area contributed by atoms with Crippen LogP contribution in [0.5, 0.6) is 0 Å². The number of nitrogens with one attached hydrogen (secondary N) is 2. The zero-order valence-corrected chi connectivity index (χ0v) is 13.2. The maximum atomic E-state index is 9.36. The lowest BCUT2D eigenvalue weighted by Gasteiger charge is -2.16. The molecule has 1 atom stereocenters. The monoisotopic (exact) mass is 304 g/mol. The van der Waals surface area contributed by atoms with Gasteiger partial charge in [0.15, 0.2) is 17.0 Å². The minimum atomic E-state index is -0.0370. The highest BCUT2D eigenvalue weighted by Crippen LogP contribution is 2.32. The molecule has 3 N–H and O–H groups in total. The number of aliphatic hydroxyl groups is 1. The Labute approximate surface area is 130 Å². The lowest BCUT2D eigenvalue weighted by molar-refractivity contribution is 0.271. The number of aromatic nitrogens is 4. The van der Waals surface area contributed by atoms with Gasteiger partial charge >= 0.3 is 0 Å². The summed E-state index contributed by atoms with van der Waals surface area (Å²) in [5.41, 5.74) is 1.67. The maximum absolute atomic E-state index is 9.36. The fraction of sp³-hybridized carbons (Fsp3) is 0.667. The molecule has 0 unspecified atom stereocenters. The van der Waals surface area contributed by atoms with E-state index >= 15 is 0 Å². The van der Waals surface area contributed by atoms with Crippen LogP contribution in [-0.4, -0.2) is 44.3 Å². The standard InChI is InChI=1S/C15H24N6O/c1-3-10(8-22)18-15-19-13(16-2)12-14(20-15)21(9-17-12)11-6-4-5-7-11/h9-11,22H,3-8H2,1-2H3,(H2,16,18,19,20)/t10-/m1/s1. The number of nitrogens with zero attached hydrogens (tertiary/aromatic N) is 4. The van der Waals surface area contributed by atoms with Crippen LogP contribution in [0.25, 0.3) is 11.2 Å². The summed E-state index contributed by atoms with van der Waals surface area (Å²) in [6.45, 7) is 2.09. The van der Waals surface area contributed by atoms with Gasteiger partial charge in [-0.2, -0.15) is 9.97 Å². The van der Waals surface area contributed by atoms with Gasteiger partial charge in [0.05, 0.1) is 19.0 Å².